The second-order valence-corrected chi connectivity index (χ2v) is 8.91. The molecule has 0 radical (unpaired) electrons. The third-order valence-electron chi connectivity index (χ3n) is 3.24. The number of thiophene rings is 1. The third-order valence-corrected chi connectivity index (χ3v) is 7.58. The Labute approximate surface area is 134 Å². The second-order valence-electron chi connectivity index (χ2n) is 4.60. The van der Waals surface area contributed by atoms with Crippen LogP contribution in [0.1, 0.15) is 39.0 Å². The summed E-state index contributed by atoms with van der Waals surface area (Å²) in [6.45, 7) is 9.91. The van der Waals surface area contributed by atoms with Gasteiger partial charge in [0, 0.05) is 24.0 Å². The maximum absolute atomic E-state index is 12.8. The molecule has 1 unspecified atom stereocenters. The first-order valence-electron chi connectivity index (χ1n) is 6.89. The van der Waals surface area contributed by atoms with Gasteiger partial charge in [-0.1, -0.05) is 20.8 Å². The highest BCUT2D eigenvalue weighted by Gasteiger charge is 2.30. The summed E-state index contributed by atoms with van der Waals surface area (Å²) in [6, 6.07) is 1.78. The van der Waals surface area contributed by atoms with Crippen LogP contribution in [0.4, 0.5) is 0 Å². The molecular weight excluding hydrogens is 360 g/mol. The molecule has 1 aromatic heterocycles. The molecule has 0 saturated heterocycles. The van der Waals surface area contributed by atoms with E-state index in [1.807, 2.05) is 27.7 Å². The number of hydrogen-bond acceptors (Lipinski definition) is 4. The van der Waals surface area contributed by atoms with Crippen LogP contribution in [0.2, 0.25) is 0 Å². The summed E-state index contributed by atoms with van der Waals surface area (Å²) in [5.74, 6) is 0. The van der Waals surface area contributed by atoms with E-state index in [0.29, 0.717) is 21.8 Å². The van der Waals surface area contributed by atoms with E-state index < -0.39 is 10.0 Å². The SMILES string of the molecule is CCNCc1cc(S(=O)(=O)N(CC)C(C)CC)c(Br)s1. The Morgan fingerprint density at radius 1 is 1.40 bits per heavy atom. The number of halogens is 1. The van der Waals surface area contributed by atoms with Crippen LogP contribution in [0.15, 0.2) is 14.7 Å². The largest absolute Gasteiger partial charge is 0.312 e. The van der Waals surface area contributed by atoms with Crippen LogP contribution in [-0.4, -0.2) is 31.9 Å². The number of rotatable bonds is 8. The van der Waals surface area contributed by atoms with Gasteiger partial charge in [-0.25, -0.2) is 8.42 Å². The first-order valence-corrected chi connectivity index (χ1v) is 9.94. The number of nitrogens with one attached hydrogen (secondary N) is 1. The molecule has 1 N–H and O–H groups in total. The molecule has 0 bridgehead atoms. The molecule has 0 aliphatic heterocycles. The van der Waals surface area contributed by atoms with Crippen molar-refractivity contribution in [1.29, 1.82) is 0 Å². The minimum atomic E-state index is -3.43. The predicted octanol–water partition coefficient (Wildman–Crippen LogP) is 3.43. The summed E-state index contributed by atoms with van der Waals surface area (Å²) in [6.07, 6.45) is 0.805. The minimum Gasteiger partial charge on any atom is -0.312 e. The van der Waals surface area contributed by atoms with E-state index in [9.17, 15) is 8.42 Å². The highest BCUT2D eigenvalue weighted by Crippen LogP contribution is 2.34. The van der Waals surface area contributed by atoms with Crippen molar-refractivity contribution >= 4 is 37.3 Å². The zero-order valence-corrected chi connectivity index (χ0v) is 15.7. The average Bonchev–Trinajstić information content (AvgIpc) is 2.78. The topological polar surface area (TPSA) is 49.4 Å². The van der Waals surface area contributed by atoms with Gasteiger partial charge in [-0.2, -0.15) is 4.31 Å². The first-order chi connectivity index (χ1) is 9.38. The van der Waals surface area contributed by atoms with Crippen LogP contribution in [0.3, 0.4) is 0 Å². The van der Waals surface area contributed by atoms with Crippen molar-refractivity contribution in [3.8, 4) is 0 Å². The van der Waals surface area contributed by atoms with E-state index in [0.717, 1.165) is 17.8 Å². The number of hydrogen-bond donors (Lipinski definition) is 1. The van der Waals surface area contributed by atoms with Gasteiger partial charge in [0.2, 0.25) is 10.0 Å². The van der Waals surface area contributed by atoms with E-state index in [4.69, 9.17) is 0 Å². The Hall–Kier alpha value is 0.0500. The summed E-state index contributed by atoms with van der Waals surface area (Å²) in [5.41, 5.74) is 0. The molecule has 0 aliphatic rings. The summed E-state index contributed by atoms with van der Waals surface area (Å²) >= 11 is 4.88. The Morgan fingerprint density at radius 3 is 2.55 bits per heavy atom. The van der Waals surface area contributed by atoms with Crippen molar-refractivity contribution in [2.45, 2.75) is 51.6 Å². The fraction of sp³-hybridized carbons (Fsp3) is 0.692. The Balaban J connectivity index is 3.11. The summed E-state index contributed by atoms with van der Waals surface area (Å²) < 4.78 is 27.8. The Kier molecular flexibility index (Phi) is 7.14. The van der Waals surface area contributed by atoms with Gasteiger partial charge in [0.15, 0.2) is 0 Å². The lowest BCUT2D eigenvalue weighted by atomic mass is 10.3. The van der Waals surface area contributed by atoms with Gasteiger partial charge in [-0.15, -0.1) is 11.3 Å². The quantitative estimate of drug-likeness (QED) is 0.748. The molecule has 4 nitrogen and oxygen atoms in total. The molecule has 116 valence electrons. The molecule has 1 atom stereocenters. The summed E-state index contributed by atoms with van der Waals surface area (Å²) in [4.78, 5) is 1.41. The predicted molar refractivity (Wildman–Crippen MR) is 88.7 cm³/mol. The van der Waals surface area contributed by atoms with E-state index in [2.05, 4.69) is 21.2 Å². The van der Waals surface area contributed by atoms with Gasteiger partial charge < -0.3 is 5.32 Å². The molecule has 1 aromatic rings. The van der Waals surface area contributed by atoms with Crippen molar-refractivity contribution in [1.82, 2.24) is 9.62 Å². The van der Waals surface area contributed by atoms with Crippen molar-refractivity contribution < 1.29 is 8.42 Å². The van der Waals surface area contributed by atoms with Crippen LogP contribution >= 0.6 is 27.3 Å². The van der Waals surface area contributed by atoms with Crippen LogP contribution < -0.4 is 5.32 Å². The molecule has 7 heteroatoms. The van der Waals surface area contributed by atoms with Crippen LogP contribution in [0.25, 0.3) is 0 Å². The number of sulfonamides is 1. The zero-order chi connectivity index (χ0) is 15.3. The highest BCUT2D eigenvalue weighted by atomic mass is 79.9. The zero-order valence-electron chi connectivity index (χ0n) is 12.4. The minimum absolute atomic E-state index is 0.00835. The van der Waals surface area contributed by atoms with Crippen molar-refractivity contribution in [2.24, 2.45) is 0 Å². The molecule has 0 amide bonds. The molecule has 1 rings (SSSR count). The molecule has 0 fully saturated rings. The summed E-state index contributed by atoms with van der Waals surface area (Å²) in [7, 11) is -3.43. The van der Waals surface area contributed by atoms with Crippen LogP contribution in [-0.2, 0) is 16.6 Å². The van der Waals surface area contributed by atoms with Crippen molar-refractivity contribution in [2.75, 3.05) is 13.1 Å². The fourth-order valence-electron chi connectivity index (χ4n) is 1.96. The molecule has 1 heterocycles. The van der Waals surface area contributed by atoms with Crippen molar-refractivity contribution in [3.05, 3.63) is 14.7 Å². The first kappa shape index (κ1) is 18.1. The molecular formula is C13H23BrN2O2S2. The standard InChI is InChI=1S/C13H23BrN2O2S2/c1-5-10(4)16(7-3)20(17,18)12-8-11(9-15-6-2)19-13(12)14/h8,10,15H,5-7,9H2,1-4H3. The Morgan fingerprint density at radius 2 is 2.05 bits per heavy atom. The molecule has 0 aromatic carbocycles. The second kappa shape index (κ2) is 7.89. The third kappa shape index (κ3) is 4.04. The van der Waals surface area contributed by atoms with Gasteiger partial charge in [0.05, 0.1) is 3.79 Å². The number of nitrogens with zero attached hydrogens (tertiary/aromatic N) is 1. The normalized spacial score (nSPS) is 13.9. The molecule has 0 saturated carbocycles. The van der Waals surface area contributed by atoms with Crippen LogP contribution in [0.5, 0.6) is 0 Å². The average molecular weight is 383 g/mol. The lowest BCUT2D eigenvalue weighted by Gasteiger charge is -2.26. The lowest BCUT2D eigenvalue weighted by molar-refractivity contribution is 0.342. The molecule has 0 aliphatic carbocycles. The van der Waals surface area contributed by atoms with E-state index in [-0.39, 0.29) is 6.04 Å². The Bertz CT molecular complexity index is 528. The highest BCUT2D eigenvalue weighted by molar-refractivity contribution is 9.11. The maximum Gasteiger partial charge on any atom is 0.245 e. The van der Waals surface area contributed by atoms with Gasteiger partial charge in [-0.05, 0) is 41.9 Å². The van der Waals surface area contributed by atoms with Gasteiger partial charge in [0.25, 0.3) is 0 Å². The van der Waals surface area contributed by atoms with E-state index >= 15 is 0 Å². The monoisotopic (exact) mass is 382 g/mol. The van der Waals surface area contributed by atoms with Crippen molar-refractivity contribution in [3.63, 3.8) is 0 Å². The van der Waals surface area contributed by atoms with E-state index in [1.54, 1.807) is 10.4 Å². The smallest absolute Gasteiger partial charge is 0.245 e. The van der Waals surface area contributed by atoms with Gasteiger partial charge >= 0.3 is 0 Å². The van der Waals surface area contributed by atoms with E-state index in [1.165, 1.54) is 11.3 Å². The molecule has 20 heavy (non-hydrogen) atoms. The fourth-order valence-corrected chi connectivity index (χ4v) is 6.28. The lowest BCUT2D eigenvalue weighted by Crippen LogP contribution is -2.38. The summed E-state index contributed by atoms with van der Waals surface area (Å²) in [5, 5.41) is 3.21. The molecule has 0 spiro atoms. The van der Waals surface area contributed by atoms with Gasteiger partial charge in [-0.3, -0.25) is 0 Å². The van der Waals surface area contributed by atoms with Gasteiger partial charge in [0.1, 0.15) is 4.90 Å². The van der Waals surface area contributed by atoms with Crippen LogP contribution in [0, 0.1) is 0 Å². The maximum atomic E-state index is 12.8.